The van der Waals surface area contributed by atoms with Crippen LogP contribution in [0.5, 0.6) is 0 Å². The van der Waals surface area contributed by atoms with Gasteiger partial charge in [-0.25, -0.2) is 0 Å². The van der Waals surface area contributed by atoms with E-state index in [-0.39, 0.29) is 0 Å². The molecule has 1 aliphatic rings. The molecule has 4 rings (SSSR count). The number of rotatable bonds is 1. The lowest BCUT2D eigenvalue weighted by atomic mass is 10.1. The molecule has 0 saturated heterocycles. The van der Waals surface area contributed by atoms with Crippen molar-refractivity contribution < 1.29 is 0 Å². The van der Waals surface area contributed by atoms with Crippen LogP contribution in [0.4, 0.5) is 0 Å². The van der Waals surface area contributed by atoms with Gasteiger partial charge in [-0.1, -0.05) is 23.2 Å². The van der Waals surface area contributed by atoms with Gasteiger partial charge in [-0.3, -0.25) is 0 Å². The fraction of sp³-hybridized carbons (Fsp3) is 0.263. The number of hydrogen-bond acceptors (Lipinski definition) is 1. The van der Waals surface area contributed by atoms with Gasteiger partial charge in [-0.15, -0.1) is 0 Å². The molecular formula is C19H18Cl2N2. The number of likely N-dealkylation sites (N-methyl/N-ethyl adjacent to an activating group) is 1. The fourth-order valence-electron chi connectivity index (χ4n) is 3.52. The minimum absolute atomic E-state index is 0.763. The number of nitrogens with zero attached hydrogens (tertiary/aromatic N) is 2. The molecule has 0 radical (unpaired) electrons. The number of fused-ring (bicyclic) bond motifs is 3. The molecule has 0 N–H and O–H groups in total. The first-order valence-corrected chi connectivity index (χ1v) is 8.65. The largest absolute Gasteiger partial charge is 0.313 e. The molecule has 0 bridgehead atoms. The van der Waals surface area contributed by atoms with E-state index >= 15 is 0 Å². The minimum Gasteiger partial charge on any atom is -0.313 e. The van der Waals surface area contributed by atoms with E-state index in [9.17, 15) is 0 Å². The van der Waals surface area contributed by atoms with Gasteiger partial charge in [0.25, 0.3) is 0 Å². The molecule has 0 fully saturated rings. The van der Waals surface area contributed by atoms with Gasteiger partial charge >= 0.3 is 0 Å². The van der Waals surface area contributed by atoms with Crippen LogP contribution in [0.1, 0.15) is 11.3 Å². The zero-order valence-electron chi connectivity index (χ0n) is 13.0. The molecular weight excluding hydrogens is 327 g/mol. The molecule has 0 aliphatic carbocycles. The normalized spacial score (nSPS) is 15.6. The summed E-state index contributed by atoms with van der Waals surface area (Å²) < 4.78 is 2.37. The Bertz CT molecular complexity index is 865. The number of aromatic nitrogens is 1. The van der Waals surface area contributed by atoms with Crippen molar-refractivity contribution in [1.82, 2.24) is 9.47 Å². The summed E-state index contributed by atoms with van der Waals surface area (Å²) in [6, 6.07) is 14.3. The van der Waals surface area contributed by atoms with Crippen molar-refractivity contribution in [2.45, 2.75) is 12.8 Å². The second kappa shape index (κ2) is 5.86. The van der Waals surface area contributed by atoms with Crippen molar-refractivity contribution in [1.29, 1.82) is 0 Å². The number of hydrogen-bond donors (Lipinski definition) is 0. The van der Waals surface area contributed by atoms with Crippen molar-refractivity contribution in [3.8, 4) is 5.69 Å². The Kier molecular flexibility index (Phi) is 3.84. The zero-order valence-corrected chi connectivity index (χ0v) is 14.5. The van der Waals surface area contributed by atoms with Gasteiger partial charge in [-0.2, -0.15) is 0 Å². The molecule has 3 aromatic rings. The van der Waals surface area contributed by atoms with Crippen LogP contribution in [0.15, 0.2) is 42.5 Å². The second-order valence-corrected chi connectivity index (χ2v) is 7.07. The third-order valence-electron chi connectivity index (χ3n) is 4.70. The summed E-state index contributed by atoms with van der Waals surface area (Å²) in [7, 11) is 2.19. The lowest BCUT2D eigenvalue weighted by Gasteiger charge is -2.14. The minimum atomic E-state index is 0.763. The molecule has 4 heteroatoms. The average molecular weight is 345 g/mol. The van der Waals surface area contributed by atoms with Crippen LogP contribution < -0.4 is 0 Å². The SMILES string of the molecule is CN1CCc2c(n(-c3ccc(Cl)cc3)c3ccc(Cl)cc23)CC1. The molecule has 1 aliphatic heterocycles. The maximum atomic E-state index is 6.27. The lowest BCUT2D eigenvalue weighted by Crippen LogP contribution is -2.21. The van der Waals surface area contributed by atoms with Gasteiger partial charge in [-0.05, 0) is 61.5 Å². The van der Waals surface area contributed by atoms with Gasteiger partial charge in [0.1, 0.15) is 0 Å². The van der Waals surface area contributed by atoms with Gasteiger partial charge in [0.2, 0.25) is 0 Å². The first-order valence-electron chi connectivity index (χ1n) is 7.89. The van der Waals surface area contributed by atoms with Crippen molar-refractivity contribution in [2.75, 3.05) is 20.1 Å². The van der Waals surface area contributed by atoms with Gasteiger partial charge < -0.3 is 9.47 Å². The molecule has 2 heterocycles. The molecule has 2 nitrogen and oxygen atoms in total. The lowest BCUT2D eigenvalue weighted by molar-refractivity contribution is 0.351. The Hall–Kier alpha value is -1.48. The summed E-state index contributed by atoms with van der Waals surface area (Å²) in [6.45, 7) is 2.16. The highest BCUT2D eigenvalue weighted by molar-refractivity contribution is 6.31. The van der Waals surface area contributed by atoms with E-state index in [0.717, 1.165) is 41.7 Å². The predicted octanol–water partition coefficient (Wildman–Crippen LogP) is 4.97. The van der Waals surface area contributed by atoms with Crippen LogP contribution >= 0.6 is 23.2 Å². The van der Waals surface area contributed by atoms with Crippen LogP contribution in [0, 0.1) is 0 Å². The van der Waals surface area contributed by atoms with E-state index in [0.29, 0.717) is 0 Å². The molecule has 23 heavy (non-hydrogen) atoms. The molecule has 0 unspecified atom stereocenters. The highest BCUT2D eigenvalue weighted by atomic mass is 35.5. The summed E-state index contributed by atoms with van der Waals surface area (Å²) in [5.74, 6) is 0. The Balaban J connectivity index is 2.00. The van der Waals surface area contributed by atoms with Crippen molar-refractivity contribution in [3.05, 3.63) is 63.8 Å². The predicted molar refractivity (Wildman–Crippen MR) is 98.2 cm³/mol. The maximum Gasteiger partial charge on any atom is 0.0535 e. The van der Waals surface area contributed by atoms with E-state index in [1.165, 1.54) is 22.2 Å². The Labute approximate surface area is 146 Å². The molecule has 0 saturated carbocycles. The van der Waals surface area contributed by atoms with Gasteiger partial charge in [0, 0.05) is 46.3 Å². The van der Waals surface area contributed by atoms with Crippen LogP contribution in [0.25, 0.3) is 16.6 Å². The van der Waals surface area contributed by atoms with Crippen LogP contribution in [-0.2, 0) is 12.8 Å². The fourth-order valence-corrected chi connectivity index (χ4v) is 3.82. The maximum absolute atomic E-state index is 6.27. The summed E-state index contributed by atoms with van der Waals surface area (Å²) in [4.78, 5) is 2.39. The summed E-state index contributed by atoms with van der Waals surface area (Å²) in [5, 5.41) is 2.84. The second-order valence-electron chi connectivity index (χ2n) is 6.20. The Morgan fingerprint density at radius 2 is 1.57 bits per heavy atom. The summed E-state index contributed by atoms with van der Waals surface area (Å²) in [5.41, 5.74) is 5.22. The third-order valence-corrected chi connectivity index (χ3v) is 5.19. The van der Waals surface area contributed by atoms with Crippen LogP contribution in [0.2, 0.25) is 10.0 Å². The number of benzene rings is 2. The van der Waals surface area contributed by atoms with Crippen molar-refractivity contribution in [3.63, 3.8) is 0 Å². The van der Waals surface area contributed by atoms with Gasteiger partial charge in [0.15, 0.2) is 0 Å². The van der Waals surface area contributed by atoms with E-state index < -0.39 is 0 Å². The van der Waals surface area contributed by atoms with E-state index in [1.54, 1.807) is 0 Å². The smallest absolute Gasteiger partial charge is 0.0535 e. The van der Waals surface area contributed by atoms with Crippen LogP contribution in [-0.4, -0.2) is 29.6 Å². The monoisotopic (exact) mass is 344 g/mol. The highest BCUT2D eigenvalue weighted by Crippen LogP contribution is 2.33. The quantitative estimate of drug-likeness (QED) is 0.605. The number of halogens is 2. The topological polar surface area (TPSA) is 8.17 Å². The summed E-state index contributed by atoms with van der Waals surface area (Å²) >= 11 is 12.3. The van der Waals surface area contributed by atoms with Crippen LogP contribution in [0.3, 0.4) is 0 Å². The standard InChI is InChI=1S/C19H18Cl2N2/c1-22-10-8-16-17-12-14(21)4-7-18(17)23(19(16)9-11-22)15-5-2-13(20)3-6-15/h2-7,12H,8-11H2,1H3. The first-order chi connectivity index (χ1) is 11.1. The Morgan fingerprint density at radius 3 is 2.35 bits per heavy atom. The molecule has 0 spiro atoms. The highest BCUT2D eigenvalue weighted by Gasteiger charge is 2.21. The summed E-state index contributed by atoms with van der Waals surface area (Å²) in [6.07, 6.45) is 2.10. The molecule has 1 aromatic heterocycles. The zero-order chi connectivity index (χ0) is 16.0. The molecule has 0 amide bonds. The van der Waals surface area contributed by atoms with E-state index in [1.807, 2.05) is 18.2 Å². The van der Waals surface area contributed by atoms with Crippen molar-refractivity contribution in [2.24, 2.45) is 0 Å². The first kappa shape index (κ1) is 15.1. The Morgan fingerprint density at radius 1 is 0.870 bits per heavy atom. The van der Waals surface area contributed by atoms with E-state index in [2.05, 4.69) is 40.8 Å². The average Bonchev–Trinajstić information content (AvgIpc) is 2.71. The van der Waals surface area contributed by atoms with Crippen molar-refractivity contribution >= 4 is 34.1 Å². The third kappa shape index (κ3) is 2.65. The molecule has 118 valence electrons. The molecule has 0 atom stereocenters. The molecule has 2 aromatic carbocycles. The van der Waals surface area contributed by atoms with E-state index in [4.69, 9.17) is 23.2 Å². The van der Waals surface area contributed by atoms with Gasteiger partial charge in [0.05, 0.1) is 5.52 Å².